The van der Waals surface area contributed by atoms with E-state index in [2.05, 4.69) is 42.0 Å². The van der Waals surface area contributed by atoms with Crippen molar-refractivity contribution < 1.29 is 9.84 Å². The van der Waals surface area contributed by atoms with Crippen LogP contribution in [0.15, 0.2) is 22.7 Å². The molecule has 1 rings (SSSR count). The lowest BCUT2D eigenvalue weighted by Crippen LogP contribution is -2.35. The van der Waals surface area contributed by atoms with Crippen LogP contribution >= 0.6 is 15.9 Å². The molecular formula is C15H24BrNO2. The molecule has 0 aliphatic heterocycles. The molecule has 0 radical (unpaired) electrons. The molecule has 4 heteroatoms. The lowest BCUT2D eigenvalue weighted by molar-refractivity contribution is 0.0597. The summed E-state index contributed by atoms with van der Waals surface area (Å²) in [5.74, 6) is 0.813. The smallest absolute Gasteiger partial charge is 0.124 e. The second-order valence-corrected chi connectivity index (χ2v) is 6.83. The van der Waals surface area contributed by atoms with Crippen LogP contribution in [0.4, 0.5) is 0 Å². The maximum atomic E-state index is 9.54. The second-order valence-electron chi connectivity index (χ2n) is 5.92. The van der Waals surface area contributed by atoms with Crippen LogP contribution in [0.3, 0.4) is 0 Å². The van der Waals surface area contributed by atoms with E-state index < -0.39 is 6.10 Å². The van der Waals surface area contributed by atoms with Gasteiger partial charge in [0.25, 0.3) is 0 Å². The van der Waals surface area contributed by atoms with E-state index in [9.17, 15) is 5.11 Å². The van der Waals surface area contributed by atoms with Gasteiger partial charge in [-0.3, -0.25) is 0 Å². The van der Waals surface area contributed by atoms with Crippen molar-refractivity contribution in [1.82, 2.24) is 5.32 Å². The Balaban J connectivity index is 2.85. The quantitative estimate of drug-likeness (QED) is 0.868. The minimum absolute atomic E-state index is 0.0511. The van der Waals surface area contributed by atoms with Gasteiger partial charge in [0.1, 0.15) is 11.9 Å². The summed E-state index contributed by atoms with van der Waals surface area (Å²) in [5, 5.41) is 13.0. The number of halogens is 1. The van der Waals surface area contributed by atoms with Crippen molar-refractivity contribution in [2.24, 2.45) is 0 Å². The largest absolute Gasteiger partial charge is 0.488 e. The van der Waals surface area contributed by atoms with Crippen LogP contribution in [0, 0.1) is 0 Å². The Morgan fingerprint density at radius 1 is 1.32 bits per heavy atom. The van der Waals surface area contributed by atoms with Gasteiger partial charge in [-0.05, 0) is 52.8 Å². The molecule has 108 valence electrons. The topological polar surface area (TPSA) is 41.5 Å². The Morgan fingerprint density at radius 3 is 2.47 bits per heavy atom. The van der Waals surface area contributed by atoms with Gasteiger partial charge in [-0.15, -0.1) is 0 Å². The molecule has 3 nitrogen and oxygen atoms in total. The summed E-state index contributed by atoms with van der Waals surface area (Å²) in [5.41, 5.74) is 1.13. The van der Waals surface area contributed by atoms with Gasteiger partial charge in [-0.25, -0.2) is 0 Å². The summed E-state index contributed by atoms with van der Waals surface area (Å²) >= 11 is 3.48. The molecule has 0 aliphatic rings. The first-order chi connectivity index (χ1) is 8.69. The second kappa shape index (κ2) is 6.73. The highest BCUT2D eigenvalue weighted by Gasteiger charge is 2.15. The van der Waals surface area contributed by atoms with Gasteiger partial charge >= 0.3 is 0 Å². The molecule has 0 saturated carbocycles. The molecule has 0 saturated heterocycles. The van der Waals surface area contributed by atoms with Crippen molar-refractivity contribution in [2.75, 3.05) is 0 Å². The van der Waals surface area contributed by atoms with E-state index in [4.69, 9.17) is 4.74 Å². The number of aliphatic hydroxyl groups is 1. The van der Waals surface area contributed by atoms with E-state index in [0.29, 0.717) is 0 Å². The highest BCUT2D eigenvalue weighted by Crippen LogP contribution is 2.25. The molecule has 2 N–H and O–H groups in total. The Labute approximate surface area is 124 Å². The third kappa shape index (κ3) is 5.93. The number of nitrogens with one attached hydrogen (secondary N) is 1. The van der Waals surface area contributed by atoms with E-state index in [0.717, 1.165) is 22.3 Å². The zero-order valence-corrected chi connectivity index (χ0v) is 13.9. The minimum Gasteiger partial charge on any atom is -0.488 e. The van der Waals surface area contributed by atoms with Gasteiger partial charge in [0.05, 0.1) is 6.10 Å². The number of benzene rings is 1. The highest BCUT2D eigenvalue weighted by molar-refractivity contribution is 9.10. The number of ether oxygens (including phenoxy) is 1. The van der Waals surface area contributed by atoms with Gasteiger partial charge in [0.2, 0.25) is 0 Å². The van der Waals surface area contributed by atoms with Crippen LogP contribution in [0.5, 0.6) is 5.75 Å². The van der Waals surface area contributed by atoms with Gasteiger partial charge in [0.15, 0.2) is 0 Å². The molecule has 0 aromatic heterocycles. The summed E-state index contributed by atoms with van der Waals surface area (Å²) in [7, 11) is 0. The zero-order valence-electron chi connectivity index (χ0n) is 12.3. The predicted octanol–water partition coefficient (Wildman–Crippen LogP) is 3.49. The van der Waals surface area contributed by atoms with Crippen molar-refractivity contribution in [2.45, 2.75) is 58.9 Å². The van der Waals surface area contributed by atoms with Crippen LogP contribution in [-0.4, -0.2) is 22.9 Å². The summed E-state index contributed by atoms with van der Waals surface area (Å²) in [4.78, 5) is 0. The van der Waals surface area contributed by atoms with Crippen LogP contribution < -0.4 is 10.1 Å². The molecule has 2 unspecified atom stereocenters. The van der Waals surface area contributed by atoms with Crippen LogP contribution in [0.2, 0.25) is 0 Å². The molecule has 0 fully saturated rings. The van der Waals surface area contributed by atoms with Crippen LogP contribution in [-0.2, 0) is 6.54 Å². The van der Waals surface area contributed by atoms with Gasteiger partial charge in [0, 0.05) is 22.1 Å². The molecule has 0 bridgehead atoms. The van der Waals surface area contributed by atoms with Crippen molar-refractivity contribution in [3.05, 3.63) is 28.2 Å². The Hall–Kier alpha value is -0.580. The first kappa shape index (κ1) is 16.5. The Kier molecular flexibility index (Phi) is 5.83. The van der Waals surface area contributed by atoms with Crippen LogP contribution in [0.25, 0.3) is 0 Å². The number of rotatable bonds is 5. The maximum Gasteiger partial charge on any atom is 0.124 e. The maximum absolute atomic E-state index is 9.54. The number of hydrogen-bond acceptors (Lipinski definition) is 3. The fraction of sp³-hybridized carbons (Fsp3) is 0.600. The Morgan fingerprint density at radius 2 is 1.95 bits per heavy atom. The average molecular weight is 330 g/mol. The van der Waals surface area contributed by atoms with E-state index in [1.165, 1.54) is 0 Å². The van der Waals surface area contributed by atoms with Gasteiger partial charge < -0.3 is 15.2 Å². The molecular weight excluding hydrogens is 306 g/mol. The molecule has 19 heavy (non-hydrogen) atoms. The van der Waals surface area contributed by atoms with Crippen molar-refractivity contribution >= 4 is 15.9 Å². The van der Waals surface area contributed by atoms with Crippen LogP contribution in [0.1, 0.15) is 40.2 Å². The van der Waals surface area contributed by atoms with Gasteiger partial charge in [-0.2, -0.15) is 0 Å². The fourth-order valence-electron chi connectivity index (χ4n) is 1.46. The third-order valence-corrected chi connectivity index (χ3v) is 3.32. The molecule has 0 amide bonds. The zero-order chi connectivity index (χ0) is 14.6. The van der Waals surface area contributed by atoms with Crippen molar-refractivity contribution in [3.63, 3.8) is 0 Å². The number of hydrogen-bond donors (Lipinski definition) is 2. The highest BCUT2D eigenvalue weighted by atomic mass is 79.9. The van der Waals surface area contributed by atoms with Crippen molar-refractivity contribution in [3.8, 4) is 5.75 Å². The van der Waals surface area contributed by atoms with E-state index >= 15 is 0 Å². The molecule has 0 aliphatic carbocycles. The molecule has 1 aromatic rings. The summed E-state index contributed by atoms with van der Waals surface area (Å²) in [6, 6.07) is 5.93. The normalized spacial score (nSPS) is 15.1. The van der Waals surface area contributed by atoms with E-state index in [1.54, 1.807) is 6.92 Å². The van der Waals surface area contributed by atoms with Crippen molar-refractivity contribution in [1.29, 1.82) is 0 Å². The standard InChI is InChI=1S/C15H24BrNO2/c1-10(18)11(2)19-14-7-6-13(16)8-12(14)9-17-15(3,4)5/h6-8,10-11,17-18H,9H2,1-5H3. The third-order valence-electron chi connectivity index (χ3n) is 2.82. The molecule has 0 heterocycles. The SMILES string of the molecule is CC(O)C(C)Oc1ccc(Br)cc1CNC(C)(C)C. The lowest BCUT2D eigenvalue weighted by atomic mass is 10.1. The lowest BCUT2D eigenvalue weighted by Gasteiger charge is -2.23. The van der Waals surface area contributed by atoms with Gasteiger partial charge in [-0.1, -0.05) is 15.9 Å². The predicted molar refractivity (Wildman–Crippen MR) is 82.5 cm³/mol. The molecule has 1 aromatic carbocycles. The first-order valence-corrected chi connectivity index (χ1v) is 7.36. The summed E-state index contributed by atoms with van der Waals surface area (Å²) in [6.45, 7) is 10.7. The number of aliphatic hydroxyl groups excluding tert-OH is 1. The molecule has 2 atom stereocenters. The van der Waals surface area contributed by atoms with E-state index in [1.807, 2.05) is 25.1 Å². The summed E-state index contributed by atoms with van der Waals surface area (Å²) in [6.07, 6.45) is -0.721. The first-order valence-electron chi connectivity index (χ1n) is 6.57. The van der Waals surface area contributed by atoms with E-state index in [-0.39, 0.29) is 11.6 Å². The molecule has 0 spiro atoms. The Bertz CT molecular complexity index is 413. The fourth-order valence-corrected chi connectivity index (χ4v) is 1.87. The minimum atomic E-state index is -0.493. The monoisotopic (exact) mass is 329 g/mol. The summed E-state index contributed by atoms with van der Waals surface area (Å²) < 4.78 is 6.84. The average Bonchev–Trinajstić information content (AvgIpc) is 2.28.